The second-order valence-electron chi connectivity index (χ2n) is 7.03. The van der Waals surface area contributed by atoms with Crippen LogP contribution in [0.4, 0.5) is 0 Å². The van der Waals surface area contributed by atoms with E-state index >= 15 is 0 Å². The van der Waals surface area contributed by atoms with E-state index in [9.17, 15) is 9.59 Å². The molecule has 0 radical (unpaired) electrons. The minimum atomic E-state index is -0.269. The van der Waals surface area contributed by atoms with Crippen LogP contribution in [-0.4, -0.2) is 27.9 Å². The van der Waals surface area contributed by atoms with Gasteiger partial charge in [0, 0.05) is 25.1 Å². The predicted octanol–water partition coefficient (Wildman–Crippen LogP) is 1.88. The molecule has 27 heavy (non-hydrogen) atoms. The van der Waals surface area contributed by atoms with Gasteiger partial charge in [0.1, 0.15) is 12.4 Å². The number of benzene rings is 2. The summed E-state index contributed by atoms with van der Waals surface area (Å²) in [5.74, 6) is 0.434. The highest BCUT2D eigenvalue weighted by atomic mass is 16.5. The fourth-order valence-corrected chi connectivity index (χ4v) is 3.70. The van der Waals surface area contributed by atoms with Crippen LogP contribution in [0, 0.1) is 0 Å². The molecule has 6 heteroatoms. The van der Waals surface area contributed by atoms with E-state index in [1.165, 1.54) is 0 Å². The van der Waals surface area contributed by atoms with Gasteiger partial charge in [0.25, 0.3) is 0 Å². The molecule has 0 aromatic heterocycles. The molecular formula is C21H22N2O4. The zero-order valence-electron chi connectivity index (χ0n) is 15.0. The number of imide groups is 1. The van der Waals surface area contributed by atoms with Gasteiger partial charge in [0.15, 0.2) is 0 Å². The molecular weight excluding hydrogens is 344 g/mol. The summed E-state index contributed by atoms with van der Waals surface area (Å²) < 4.78 is 6.04. The Balaban J connectivity index is 1.45. The Morgan fingerprint density at radius 3 is 2.59 bits per heavy atom. The molecule has 1 unspecified atom stereocenters. The molecule has 2 heterocycles. The smallest absolute Gasteiger partial charge is 0.243 e. The van der Waals surface area contributed by atoms with Crippen LogP contribution in [-0.2, 0) is 35.9 Å². The second kappa shape index (κ2) is 7.50. The van der Waals surface area contributed by atoms with Crippen molar-refractivity contribution in [3.05, 3.63) is 64.7 Å². The number of hydrogen-bond donors (Lipinski definition) is 2. The molecule has 2 aromatic carbocycles. The third kappa shape index (κ3) is 3.72. The van der Waals surface area contributed by atoms with Gasteiger partial charge in [-0.1, -0.05) is 36.4 Å². The average molecular weight is 366 g/mol. The Kier molecular flexibility index (Phi) is 4.92. The summed E-state index contributed by atoms with van der Waals surface area (Å²) in [4.78, 5) is 25.7. The summed E-state index contributed by atoms with van der Waals surface area (Å²) in [6.45, 7) is 1.80. The minimum absolute atomic E-state index is 0.0313. The molecule has 1 fully saturated rings. The van der Waals surface area contributed by atoms with Gasteiger partial charge in [-0.2, -0.15) is 0 Å². The molecule has 0 saturated carbocycles. The monoisotopic (exact) mass is 366 g/mol. The number of nitrogens with zero attached hydrogens (tertiary/aromatic N) is 1. The van der Waals surface area contributed by atoms with E-state index in [4.69, 9.17) is 9.84 Å². The Hall–Kier alpha value is -2.70. The maximum atomic E-state index is 12.2. The Morgan fingerprint density at radius 2 is 1.85 bits per heavy atom. The summed E-state index contributed by atoms with van der Waals surface area (Å²) in [6.07, 6.45) is 0.947. The molecule has 1 atom stereocenters. The Morgan fingerprint density at radius 1 is 1.07 bits per heavy atom. The van der Waals surface area contributed by atoms with E-state index in [1.54, 1.807) is 0 Å². The maximum Gasteiger partial charge on any atom is 0.243 e. The summed E-state index contributed by atoms with van der Waals surface area (Å²) in [5, 5.41) is 11.6. The van der Waals surface area contributed by atoms with Crippen LogP contribution in [0.25, 0.3) is 0 Å². The molecule has 6 nitrogen and oxygen atoms in total. The lowest BCUT2D eigenvalue weighted by molar-refractivity contribution is -0.137. The Labute approximate surface area is 157 Å². The van der Waals surface area contributed by atoms with Crippen molar-refractivity contribution in [1.82, 2.24) is 10.2 Å². The molecule has 4 rings (SSSR count). The van der Waals surface area contributed by atoms with Gasteiger partial charge in [0.05, 0.1) is 12.6 Å². The molecule has 2 aromatic rings. The van der Waals surface area contributed by atoms with Crippen molar-refractivity contribution < 1.29 is 19.4 Å². The van der Waals surface area contributed by atoms with Gasteiger partial charge in [0.2, 0.25) is 11.8 Å². The maximum absolute atomic E-state index is 12.2. The highest BCUT2D eigenvalue weighted by molar-refractivity contribution is 6.00. The highest BCUT2D eigenvalue weighted by Gasteiger charge is 2.35. The van der Waals surface area contributed by atoms with E-state index in [0.29, 0.717) is 32.5 Å². The van der Waals surface area contributed by atoms with Crippen molar-refractivity contribution >= 4 is 11.8 Å². The lowest BCUT2D eigenvalue weighted by atomic mass is 10.0. The molecule has 2 aliphatic heterocycles. The number of carbonyl (C=O) groups is 2. The molecule has 0 bridgehead atoms. The molecule has 140 valence electrons. The van der Waals surface area contributed by atoms with E-state index in [1.807, 2.05) is 36.4 Å². The van der Waals surface area contributed by atoms with Crippen LogP contribution >= 0.6 is 0 Å². The number of amides is 2. The van der Waals surface area contributed by atoms with Gasteiger partial charge in [-0.3, -0.25) is 19.8 Å². The van der Waals surface area contributed by atoms with Crippen LogP contribution in [0.5, 0.6) is 5.75 Å². The van der Waals surface area contributed by atoms with Gasteiger partial charge in [-0.25, -0.2) is 0 Å². The zero-order valence-corrected chi connectivity index (χ0v) is 15.0. The lowest BCUT2D eigenvalue weighted by Crippen LogP contribution is -2.50. The number of fused-ring (bicyclic) bond motifs is 1. The van der Waals surface area contributed by atoms with Gasteiger partial charge in [-0.05, 0) is 29.2 Å². The van der Waals surface area contributed by atoms with Crippen LogP contribution in [0.2, 0.25) is 0 Å². The molecule has 0 aliphatic carbocycles. The van der Waals surface area contributed by atoms with Crippen molar-refractivity contribution in [3.63, 3.8) is 0 Å². The van der Waals surface area contributed by atoms with Crippen molar-refractivity contribution in [2.45, 2.75) is 45.2 Å². The third-order valence-electron chi connectivity index (χ3n) is 5.22. The lowest BCUT2D eigenvalue weighted by Gasteiger charge is -2.29. The summed E-state index contributed by atoms with van der Waals surface area (Å²) in [7, 11) is 0. The zero-order chi connectivity index (χ0) is 18.8. The molecule has 0 spiro atoms. The largest absolute Gasteiger partial charge is 0.489 e. The topological polar surface area (TPSA) is 78.9 Å². The number of ether oxygens (including phenoxy) is 1. The fourth-order valence-electron chi connectivity index (χ4n) is 3.70. The van der Waals surface area contributed by atoms with E-state index in [2.05, 4.69) is 16.3 Å². The number of piperidine rings is 1. The number of nitrogens with one attached hydrogen (secondary N) is 1. The van der Waals surface area contributed by atoms with Crippen molar-refractivity contribution in [2.75, 3.05) is 0 Å². The number of hydrogen-bond acceptors (Lipinski definition) is 5. The molecule has 2 aliphatic rings. The Bertz CT molecular complexity index is 863. The van der Waals surface area contributed by atoms with Crippen LogP contribution in [0.3, 0.4) is 0 Å². The van der Waals surface area contributed by atoms with Crippen LogP contribution in [0.1, 0.15) is 35.1 Å². The first-order valence-electron chi connectivity index (χ1n) is 9.14. The first-order valence-corrected chi connectivity index (χ1v) is 9.14. The number of carbonyl (C=O) groups excluding carboxylic acids is 2. The first-order chi connectivity index (χ1) is 13.1. The molecule has 2 N–H and O–H groups in total. The SMILES string of the molecule is O=C1CCC(N2Cc3cccc(OCc4ccc(CO)cc4)c3C2)C(=O)N1. The van der Waals surface area contributed by atoms with Gasteiger partial charge >= 0.3 is 0 Å². The van der Waals surface area contributed by atoms with E-state index < -0.39 is 0 Å². The van der Waals surface area contributed by atoms with E-state index in [0.717, 1.165) is 28.0 Å². The summed E-state index contributed by atoms with van der Waals surface area (Å²) >= 11 is 0. The first kappa shape index (κ1) is 17.7. The predicted molar refractivity (Wildman–Crippen MR) is 98.6 cm³/mol. The normalized spacial score (nSPS) is 19.7. The quantitative estimate of drug-likeness (QED) is 0.790. The van der Waals surface area contributed by atoms with Crippen molar-refractivity contribution in [3.8, 4) is 5.75 Å². The number of rotatable bonds is 5. The number of aliphatic hydroxyl groups is 1. The third-order valence-corrected chi connectivity index (χ3v) is 5.22. The number of aliphatic hydroxyl groups excluding tert-OH is 1. The average Bonchev–Trinajstić information content (AvgIpc) is 3.11. The highest BCUT2D eigenvalue weighted by Crippen LogP contribution is 2.33. The van der Waals surface area contributed by atoms with Crippen LogP contribution < -0.4 is 10.1 Å². The minimum Gasteiger partial charge on any atom is -0.489 e. The fraction of sp³-hybridized carbons (Fsp3) is 0.333. The van der Waals surface area contributed by atoms with Crippen molar-refractivity contribution in [1.29, 1.82) is 0 Å². The molecule has 1 saturated heterocycles. The van der Waals surface area contributed by atoms with Crippen LogP contribution in [0.15, 0.2) is 42.5 Å². The van der Waals surface area contributed by atoms with E-state index in [-0.39, 0.29) is 24.5 Å². The summed E-state index contributed by atoms with van der Waals surface area (Å²) in [6, 6.07) is 13.4. The van der Waals surface area contributed by atoms with Gasteiger partial charge < -0.3 is 9.84 Å². The summed E-state index contributed by atoms with van der Waals surface area (Å²) in [5.41, 5.74) is 4.17. The standard InChI is InChI=1S/C21H22N2O4/c24-12-14-4-6-15(7-5-14)13-27-19-3-1-2-16-10-23(11-17(16)19)18-8-9-20(25)22-21(18)26/h1-7,18,24H,8-13H2,(H,22,25,26). The second-order valence-corrected chi connectivity index (χ2v) is 7.03. The van der Waals surface area contributed by atoms with Crippen molar-refractivity contribution in [2.24, 2.45) is 0 Å². The van der Waals surface area contributed by atoms with Gasteiger partial charge in [-0.15, -0.1) is 0 Å². The molecule has 2 amide bonds.